The zero-order chi connectivity index (χ0) is 18.4. The second kappa shape index (κ2) is 8.39. The van der Waals surface area contributed by atoms with E-state index in [0.717, 1.165) is 0 Å². The van der Waals surface area contributed by atoms with Crippen LogP contribution in [0.4, 0.5) is 5.69 Å². The van der Waals surface area contributed by atoms with Crippen LogP contribution in [-0.4, -0.2) is 33.9 Å². The molecule has 2 amide bonds. The monoisotopic (exact) mass is 405 g/mol. The van der Waals surface area contributed by atoms with Crippen LogP contribution in [0.1, 0.15) is 22.8 Å². The number of nitrogens with zero attached hydrogens (tertiary/aromatic N) is 1. The summed E-state index contributed by atoms with van der Waals surface area (Å²) < 4.78 is 0.522. The van der Waals surface area contributed by atoms with Crippen LogP contribution in [0.3, 0.4) is 0 Å². The number of benzene rings is 1. The Balaban J connectivity index is 2.20. The molecule has 0 unspecified atom stereocenters. The number of nitrogens with one attached hydrogen (secondary N) is 2. The Labute approximate surface area is 152 Å². The Morgan fingerprint density at radius 3 is 2.56 bits per heavy atom. The lowest BCUT2D eigenvalue weighted by atomic mass is 10.1. The van der Waals surface area contributed by atoms with Crippen molar-refractivity contribution in [2.75, 3.05) is 5.32 Å². The zero-order valence-corrected chi connectivity index (χ0v) is 14.9. The molecule has 1 heterocycles. The van der Waals surface area contributed by atoms with Crippen LogP contribution in [0, 0.1) is 0 Å². The maximum absolute atomic E-state index is 12.5. The molecule has 0 saturated carbocycles. The van der Waals surface area contributed by atoms with Crippen LogP contribution in [0.25, 0.3) is 0 Å². The average molecular weight is 406 g/mol. The van der Waals surface area contributed by atoms with E-state index in [1.54, 1.807) is 36.5 Å². The van der Waals surface area contributed by atoms with Crippen LogP contribution in [0.2, 0.25) is 0 Å². The van der Waals surface area contributed by atoms with Crippen molar-refractivity contribution in [1.29, 1.82) is 0 Å². The van der Waals surface area contributed by atoms with E-state index in [1.807, 2.05) is 0 Å². The lowest BCUT2D eigenvalue weighted by Crippen LogP contribution is -2.42. The molecule has 0 radical (unpaired) electrons. The minimum absolute atomic E-state index is 0.0673. The quantitative estimate of drug-likeness (QED) is 0.638. The van der Waals surface area contributed by atoms with Crippen molar-refractivity contribution < 1.29 is 19.5 Å². The molecule has 8 heteroatoms. The fourth-order valence-electron chi connectivity index (χ4n) is 2.21. The molecule has 0 bridgehead atoms. The third-order valence-corrected chi connectivity index (χ3v) is 4.06. The standard InChI is InChI=1S/C17H16BrN3O4/c1-10(22)20-13-7-3-2-6-12(13)16(23)21-14(17(24)25)9-11-5-4-8-19-15(11)18/h2-8,14H,9H2,1H3,(H,20,22)(H,21,23)(H,24,25)/t14-/m1/s1. The molecule has 25 heavy (non-hydrogen) atoms. The van der Waals surface area contributed by atoms with E-state index >= 15 is 0 Å². The van der Waals surface area contributed by atoms with E-state index in [4.69, 9.17) is 0 Å². The molecule has 1 aromatic carbocycles. The molecule has 7 nitrogen and oxygen atoms in total. The molecule has 3 N–H and O–H groups in total. The summed E-state index contributed by atoms with van der Waals surface area (Å²) in [6.45, 7) is 1.33. The normalized spacial score (nSPS) is 11.4. The van der Waals surface area contributed by atoms with Crippen LogP contribution >= 0.6 is 15.9 Å². The largest absolute Gasteiger partial charge is 0.480 e. The van der Waals surface area contributed by atoms with Crippen LogP contribution in [0.15, 0.2) is 47.2 Å². The molecular weight excluding hydrogens is 390 g/mol. The van der Waals surface area contributed by atoms with Crippen molar-refractivity contribution in [3.8, 4) is 0 Å². The summed E-state index contributed by atoms with van der Waals surface area (Å²) in [5.41, 5.74) is 1.17. The minimum atomic E-state index is -1.17. The lowest BCUT2D eigenvalue weighted by Gasteiger charge is -2.16. The Morgan fingerprint density at radius 1 is 1.20 bits per heavy atom. The van der Waals surface area contributed by atoms with E-state index in [0.29, 0.717) is 15.9 Å². The van der Waals surface area contributed by atoms with Crippen molar-refractivity contribution in [1.82, 2.24) is 10.3 Å². The smallest absolute Gasteiger partial charge is 0.326 e. The van der Waals surface area contributed by atoms with Gasteiger partial charge in [-0.05, 0) is 39.7 Å². The van der Waals surface area contributed by atoms with Crippen molar-refractivity contribution >= 4 is 39.4 Å². The number of carboxylic acid groups (broad SMARTS) is 1. The summed E-state index contributed by atoms with van der Waals surface area (Å²) in [6, 6.07) is 8.66. The fraction of sp³-hybridized carbons (Fsp3) is 0.176. The Morgan fingerprint density at radius 2 is 1.92 bits per heavy atom. The van der Waals surface area contributed by atoms with Gasteiger partial charge in [-0.3, -0.25) is 9.59 Å². The maximum atomic E-state index is 12.5. The fourth-order valence-corrected chi connectivity index (χ4v) is 2.62. The van der Waals surface area contributed by atoms with Crippen LogP contribution in [-0.2, 0) is 16.0 Å². The number of hydrogen-bond acceptors (Lipinski definition) is 4. The topological polar surface area (TPSA) is 108 Å². The van der Waals surface area contributed by atoms with Crippen LogP contribution < -0.4 is 10.6 Å². The van der Waals surface area contributed by atoms with E-state index in [2.05, 4.69) is 31.5 Å². The van der Waals surface area contributed by atoms with E-state index < -0.39 is 17.9 Å². The molecule has 0 aliphatic rings. The number of anilines is 1. The highest BCUT2D eigenvalue weighted by Crippen LogP contribution is 2.17. The number of hydrogen-bond donors (Lipinski definition) is 3. The van der Waals surface area contributed by atoms with Gasteiger partial charge in [0, 0.05) is 19.5 Å². The van der Waals surface area contributed by atoms with E-state index in [9.17, 15) is 19.5 Å². The van der Waals surface area contributed by atoms with Gasteiger partial charge in [-0.15, -0.1) is 0 Å². The van der Waals surface area contributed by atoms with Gasteiger partial charge in [-0.2, -0.15) is 0 Å². The summed E-state index contributed by atoms with van der Waals surface area (Å²) in [7, 11) is 0. The molecule has 2 aromatic rings. The zero-order valence-electron chi connectivity index (χ0n) is 13.3. The van der Waals surface area contributed by atoms with Crippen LogP contribution in [0.5, 0.6) is 0 Å². The van der Waals surface area contributed by atoms with Gasteiger partial charge in [-0.25, -0.2) is 9.78 Å². The summed E-state index contributed by atoms with van der Waals surface area (Å²) in [6.07, 6.45) is 1.64. The molecule has 0 fully saturated rings. The van der Waals surface area contributed by atoms with Crippen molar-refractivity contribution in [3.05, 3.63) is 58.3 Å². The first-order valence-corrected chi connectivity index (χ1v) is 8.17. The summed E-state index contributed by atoms with van der Waals surface area (Å²) in [4.78, 5) is 39.3. The first-order chi connectivity index (χ1) is 11.9. The van der Waals surface area contributed by atoms with Gasteiger partial charge in [0.2, 0.25) is 5.91 Å². The molecule has 0 aliphatic heterocycles. The number of carbonyl (C=O) groups excluding carboxylic acids is 2. The van der Waals surface area contributed by atoms with E-state index in [1.165, 1.54) is 13.0 Å². The molecule has 0 saturated heterocycles. The number of carboxylic acids is 1. The van der Waals surface area contributed by atoms with Gasteiger partial charge in [0.25, 0.3) is 5.91 Å². The predicted molar refractivity (Wildman–Crippen MR) is 95.3 cm³/mol. The van der Waals surface area contributed by atoms with E-state index in [-0.39, 0.29) is 17.9 Å². The van der Waals surface area contributed by atoms with Crippen molar-refractivity contribution in [3.63, 3.8) is 0 Å². The molecule has 130 valence electrons. The minimum Gasteiger partial charge on any atom is -0.480 e. The maximum Gasteiger partial charge on any atom is 0.326 e. The predicted octanol–water partition coefficient (Wildman–Crippen LogP) is 2.23. The summed E-state index contributed by atoms with van der Waals surface area (Å²) in [5, 5.41) is 14.5. The number of carbonyl (C=O) groups is 3. The third-order valence-electron chi connectivity index (χ3n) is 3.35. The Kier molecular flexibility index (Phi) is 6.24. The SMILES string of the molecule is CC(=O)Nc1ccccc1C(=O)N[C@H](Cc1cccnc1Br)C(=O)O. The number of aromatic nitrogens is 1. The molecule has 1 atom stereocenters. The lowest BCUT2D eigenvalue weighted by molar-refractivity contribution is -0.139. The van der Waals surface area contributed by atoms with Gasteiger partial charge in [0.1, 0.15) is 10.6 Å². The average Bonchev–Trinajstić information content (AvgIpc) is 2.55. The number of pyridine rings is 1. The van der Waals surface area contributed by atoms with Gasteiger partial charge in [0.05, 0.1) is 11.3 Å². The molecule has 0 aliphatic carbocycles. The van der Waals surface area contributed by atoms with Gasteiger partial charge >= 0.3 is 5.97 Å². The number of para-hydroxylation sites is 1. The highest BCUT2D eigenvalue weighted by Gasteiger charge is 2.23. The first kappa shape index (κ1) is 18.6. The van der Waals surface area contributed by atoms with Gasteiger partial charge < -0.3 is 15.7 Å². The van der Waals surface area contributed by atoms with Gasteiger partial charge in [0.15, 0.2) is 0 Å². The molecule has 2 rings (SSSR count). The van der Waals surface area contributed by atoms with Crippen molar-refractivity contribution in [2.24, 2.45) is 0 Å². The molecular formula is C17H16BrN3O4. The Hall–Kier alpha value is -2.74. The number of rotatable bonds is 6. The third kappa shape index (κ3) is 5.12. The molecule has 1 aromatic heterocycles. The second-order valence-electron chi connectivity index (χ2n) is 5.25. The van der Waals surface area contributed by atoms with Gasteiger partial charge in [-0.1, -0.05) is 18.2 Å². The Bertz CT molecular complexity index is 810. The summed E-state index contributed by atoms with van der Waals surface area (Å²) in [5.74, 6) is -2.08. The number of halogens is 1. The first-order valence-electron chi connectivity index (χ1n) is 7.38. The molecule has 0 spiro atoms. The second-order valence-corrected chi connectivity index (χ2v) is 6.00. The summed E-state index contributed by atoms with van der Waals surface area (Å²) >= 11 is 3.26. The highest BCUT2D eigenvalue weighted by molar-refractivity contribution is 9.10. The number of aliphatic carboxylic acids is 1. The van der Waals surface area contributed by atoms with Crippen molar-refractivity contribution in [2.45, 2.75) is 19.4 Å². The highest BCUT2D eigenvalue weighted by atomic mass is 79.9. The number of amides is 2.